The number of hydrogen-bond acceptors (Lipinski definition) is 2. The highest BCUT2D eigenvalue weighted by molar-refractivity contribution is 14.2. The van der Waals surface area contributed by atoms with Crippen molar-refractivity contribution in [3.05, 3.63) is 30.3 Å². The summed E-state index contributed by atoms with van der Waals surface area (Å²) in [6, 6.07) is 10.2. The molecule has 0 radical (unpaired) electrons. The molecular formula is C6H6IOPS. The van der Waals surface area contributed by atoms with Crippen molar-refractivity contribution < 1.29 is 3.97 Å². The summed E-state index contributed by atoms with van der Waals surface area (Å²) in [7, 11) is 1.84. The molecular weight excluding hydrogens is 278 g/mol. The van der Waals surface area contributed by atoms with Crippen LogP contribution in [0.5, 0.6) is 0 Å². The highest BCUT2D eigenvalue weighted by Gasteiger charge is 1.88. The first-order valence-corrected chi connectivity index (χ1v) is 6.88. The maximum absolute atomic E-state index is 5.15. The van der Waals surface area contributed by atoms with Crippen molar-refractivity contribution in [3.8, 4) is 0 Å². The fourth-order valence-corrected chi connectivity index (χ4v) is 2.22. The minimum atomic E-state index is 0.460. The molecule has 4 heteroatoms. The third-order valence-corrected chi connectivity index (χ3v) is 3.74. The lowest BCUT2D eigenvalue weighted by Crippen LogP contribution is -1.89. The molecule has 0 aliphatic rings. The van der Waals surface area contributed by atoms with Crippen LogP contribution >= 0.6 is 39.2 Å². The second kappa shape index (κ2) is 5.35. The van der Waals surface area contributed by atoms with E-state index in [1.165, 1.54) is 14.5 Å². The highest BCUT2D eigenvalue weighted by Crippen LogP contribution is 2.25. The monoisotopic (exact) mass is 284 g/mol. The van der Waals surface area contributed by atoms with Crippen LogP contribution in [0.4, 0.5) is 0 Å². The fourth-order valence-electron chi connectivity index (χ4n) is 0.570. The van der Waals surface area contributed by atoms with Crippen molar-refractivity contribution >= 4 is 44.5 Å². The molecule has 1 rings (SSSR count). The van der Waals surface area contributed by atoms with Gasteiger partial charge in [-0.05, 0) is 0 Å². The van der Waals surface area contributed by atoms with E-state index in [0.717, 1.165) is 0 Å². The molecule has 54 valence electrons. The SMILES string of the molecule is ISOPc1ccccc1. The predicted octanol–water partition coefficient (Wildman–Crippen LogP) is 2.92. The molecule has 0 aliphatic carbocycles. The smallest absolute Gasteiger partial charge is 0.0689 e. The van der Waals surface area contributed by atoms with Crippen LogP contribution in [0, 0.1) is 0 Å². The zero-order valence-electron chi connectivity index (χ0n) is 5.08. The number of halogens is 1. The molecule has 0 bridgehead atoms. The van der Waals surface area contributed by atoms with Gasteiger partial charge in [-0.15, -0.1) is 0 Å². The van der Waals surface area contributed by atoms with Crippen LogP contribution in [0.1, 0.15) is 0 Å². The maximum atomic E-state index is 5.15. The van der Waals surface area contributed by atoms with Crippen molar-refractivity contribution in [2.24, 2.45) is 0 Å². The topological polar surface area (TPSA) is 9.23 Å². The zero-order valence-corrected chi connectivity index (χ0v) is 9.06. The van der Waals surface area contributed by atoms with Gasteiger partial charge < -0.3 is 0 Å². The molecule has 0 amide bonds. The van der Waals surface area contributed by atoms with Crippen molar-refractivity contribution in [1.82, 2.24) is 0 Å². The van der Waals surface area contributed by atoms with Crippen LogP contribution in [0.2, 0.25) is 0 Å². The summed E-state index contributed by atoms with van der Waals surface area (Å²) in [5, 5.41) is 1.24. The minimum Gasteiger partial charge on any atom is -0.282 e. The van der Waals surface area contributed by atoms with Gasteiger partial charge in [0.25, 0.3) is 0 Å². The normalized spacial score (nSPS) is 10.9. The first-order valence-electron chi connectivity index (χ1n) is 2.69. The molecule has 1 unspecified atom stereocenters. The van der Waals surface area contributed by atoms with E-state index in [2.05, 4.69) is 33.3 Å². The summed E-state index contributed by atoms with van der Waals surface area (Å²) in [6.45, 7) is 0. The second-order valence-corrected chi connectivity index (χ2v) is 4.27. The minimum absolute atomic E-state index is 0.460. The average Bonchev–Trinajstić information content (AvgIpc) is 2.03. The Morgan fingerprint density at radius 2 is 2.00 bits per heavy atom. The van der Waals surface area contributed by atoms with Crippen molar-refractivity contribution in [2.45, 2.75) is 0 Å². The Bertz CT molecular complexity index is 182. The van der Waals surface area contributed by atoms with Crippen LogP contribution in [-0.4, -0.2) is 0 Å². The van der Waals surface area contributed by atoms with Gasteiger partial charge in [-0.25, -0.2) is 0 Å². The van der Waals surface area contributed by atoms with Crippen LogP contribution in [0.15, 0.2) is 30.3 Å². The van der Waals surface area contributed by atoms with Gasteiger partial charge >= 0.3 is 0 Å². The summed E-state index contributed by atoms with van der Waals surface area (Å²) in [4.78, 5) is 0. The Kier molecular flexibility index (Phi) is 4.70. The predicted molar refractivity (Wildman–Crippen MR) is 57.1 cm³/mol. The van der Waals surface area contributed by atoms with Crippen LogP contribution in [0.25, 0.3) is 0 Å². The van der Waals surface area contributed by atoms with E-state index in [1.54, 1.807) is 0 Å². The van der Waals surface area contributed by atoms with Crippen molar-refractivity contribution in [2.75, 3.05) is 0 Å². The third kappa shape index (κ3) is 3.19. The van der Waals surface area contributed by atoms with Crippen LogP contribution < -0.4 is 5.30 Å². The third-order valence-electron chi connectivity index (χ3n) is 0.965. The summed E-state index contributed by atoms with van der Waals surface area (Å²) in [5.74, 6) is 0. The van der Waals surface area contributed by atoms with Gasteiger partial charge in [0.05, 0.1) is 18.0 Å². The molecule has 0 heterocycles. The Labute approximate surface area is 78.6 Å². The molecule has 0 fully saturated rings. The molecule has 0 aromatic heterocycles. The quantitative estimate of drug-likeness (QED) is 0.479. The largest absolute Gasteiger partial charge is 0.282 e. The van der Waals surface area contributed by atoms with Gasteiger partial charge in [-0.1, -0.05) is 30.3 Å². The second-order valence-electron chi connectivity index (χ2n) is 1.61. The van der Waals surface area contributed by atoms with Crippen molar-refractivity contribution in [3.63, 3.8) is 0 Å². The maximum Gasteiger partial charge on any atom is 0.0689 e. The molecule has 10 heavy (non-hydrogen) atoms. The number of rotatable bonds is 3. The van der Waals surface area contributed by atoms with E-state index < -0.39 is 0 Å². The van der Waals surface area contributed by atoms with Gasteiger partial charge in [0.2, 0.25) is 0 Å². The fraction of sp³-hybridized carbons (Fsp3) is 0. The Morgan fingerprint density at radius 3 is 2.60 bits per heavy atom. The Morgan fingerprint density at radius 1 is 1.30 bits per heavy atom. The summed E-state index contributed by atoms with van der Waals surface area (Å²) in [6.07, 6.45) is 0. The molecule has 1 nitrogen and oxygen atoms in total. The van der Waals surface area contributed by atoms with E-state index in [-0.39, 0.29) is 0 Å². The molecule has 1 atom stereocenters. The highest BCUT2D eigenvalue weighted by atomic mass is 127. The van der Waals surface area contributed by atoms with Gasteiger partial charge in [0.15, 0.2) is 0 Å². The standard InChI is InChI=1S/C6H6IOPS/c7-10-8-9-6-4-2-1-3-5-6/h1-5,9H. The number of hydrogen-bond donors (Lipinski definition) is 0. The summed E-state index contributed by atoms with van der Waals surface area (Å²) >= 11 is 2.12. The lowest BCUT2D eigenvalue weighted by molar-refractivity contribution is 0.764. The Balaban J connectivity index is 2.43. The lowest BCUT2D eigenvalue weighted by atomic mass is 10.4. The summed E-state index contributed by atoms with van der Waals surface area (Å²) in [5.41, 5.74) is 0. The molecule has 0 saturated heterocycles. The lowest BCUT2D eigenvalue weighted by Gasteiger charge is -1.95. The van der Waals surface area contributed by atoms with Crippen LogP contribution in [0.3, 0.4) is 0 Å². The summed E-state index contributed by atoms with van der Waals surface area (Å²) < 4.78 is 5.15. The van der Waals surface area contributed by atoms with E-state index in [9.17, 15) is 0 Å². The molecule has 0 spiro atoms. The molecule has 0 aliphatic heterocycles. The van der Waals surface area contributed by atoms with E-state index >= 15 is 0 Å². The van der Waals surface area contributed by atoms with Crippen LogP contribution in [-0.2, 0) is 3.97 Å². The van der Waals surface area contributed by atoms with Crippen molar-refractivity contribution in [1.29, 1.82) is 0 Å². The van der Waals surface area contributed by atoms with E-state index in [0.29, 0.717) is 8.81 Å². The first kappa shape index (κ1) is 8.78. The molecule has 0 N–H and O–H groups in total. The van der Waals surface area contributed by atoms with E-state index in [1.807, 2.05) is 18.2 Å². The average molecular weight is 284 g/mol. The van der Waals surface area contributed by atoms with Gasteiger partial charge in [0.1, 0.15) is 0 Å². The van der Waals surface area contributed by atoms with Gasteiger partial charge in [0, 0.05) is 26.5 Å². The van der Waals surface area contributed by atoms with Gasteiger partial charge in [-0.2, -0.15) is 0 Å². The molecule has 0 saturated carbocycles. The zero-order chi connectivity index (χ0) is 7.23. The molecule has 1 aromatic carbocycles. The van der Waals surface area contributed by atoms with Gasteiger partial charge in [-0.3, -0.25) is 3.97 Å². The molecule has 1 aromatic rings. The Hall–Kier alpha value is 0.690. The first-order chi connectivity index (χ1) is 4.93. The van der Waals surface area contributed by atoms with E-state index in [4.69, 9.17) is 3.97 Å². The number of benzene rings is 1.